The summed E-state index contributed by atoms with van der Waals surface area (Å²) in [4.78, 5) is 14.3. The van der Waals surface area contributed by atoms with Gasteiger partial charge in [0.05, 0.1) is 0 Å². The van der Waals surface area contributed by atoms with Crippen molar-refractivity contribution in [1.29, 1.82) is 0 Å². The Hall–Kier alpha value is -0.570. The van der Waals surface area contributed by atoms with Crippen molar-refractivity contribution in [2.75, 3.05) is 13.1 Å². The molecule has 16 heavy (non-hydrogen) atoms. The highest BCUT2D eigenvalue weighted by molar-refractivity contribution is 5.78. The van der Waals surface area contributed by atoms with Gasteiger partial charge >= 0.3 is 0 Å². The van der Waals surface area contributed by atoms with Gasteiger partial charge in [0.1, 0.15) is 0 Å². The minimum Gasteiger partial charge on any atom is -0.338 e. The van der Waals surface area contributed by atoms with E-state index in [1.807, 2.05) is 11.8 Å². The fraction of sp³-hybridized carbons (Fsp3) is 0.923. The molecule has 1 rings (SSSR count). The number of amides is 1. The lowest BCUT2D eigenvalue weighted by molar-refractivity contribution is -0.138. The van der Waals surface area contributed by atoms with Gasteiger partial charge in [-0.3, -0.25) is 4.79 Å². The van der Waals surface area contributed by atoms with Crippen LogP contribution in [0.3, 0.4) is 0 Å². The second kappa shape index (κ2) is 6.89. The summed E-state index contributed by atoms with van der Waals surface area (Å²) in [5, 5.41) is 0. The highest BCUT2D eigenvalue weighted by Crippen LogP contribution is 2.24. The lowest BCUT2D eigenvalue weighted by Gasteiger charge is -2.35. The van der Waals surface area contributed by atoms with E-state index in [0.29, 0.717) is 18.5 Å². The Balaban J connectivity index is 2.60. The zero-order chi connectivity index (χ0) is 12.0. The third kappa shape index (κ3) is 3.48. The minimum atomic E-state index is 0.147. The molecule has 1 unspecified atom stereocenters. The second-order valence-corrected chi connectivity index (χ2v) is 4.92. The highest BCUT2D eigenvalue weighted by Gasteiger charge is 2.26. The molecule has 0 aromatic heterocycles. The van der Waals surface area contributed by atoms with Crippen LogP contribution in [-0.2, 0) is 4.79 Å². The predicted octanol–water partition coefficient (Wildman–Crippen LogP) is 2.15. The lowest BCUT2D eigenvalue weighted by Crippen LogP contribution is -2.46. The minimum absolute atomic E-state index is 0.147. The quantitative estimate of drug-likeness (QED) is 0.781. The van der Waals surface area contributed by atoms with Gasteiger partial charge < -0.3 is 10.6 Å². The summed E-state index contributed by atoms with van der Waals surface area (Å²) in [6, 6.07) is 0.457. The number of hydrogen-bond acceptors (Lipinski definition) is 2. The molecule has 1 saturated carbocycles. The van der Waals surface area contributed by atoms with Gasteiger partial charge in [0.15, 0.2) is 0 Å². The zero-order valence-corrected chi connectivity index (χ0v) is 10.7. The number of carbonyl (C=O) groups is 1. The van der Waals surface area contributed by atoms with Crippen LogP contribution < -0.4 is 5.73 Å². The van der Waals surface area contributed by atoms with Gasteiger partial charge in [-0.2, -0.15) is 0 Å². The van der Waals surface area contributed by atoms with Crippen LogP contribution in [0, 0.1) is 5.92 Å². The van der Waals surface area contributed by atoms with Gasteiger partial charge in [0.25, 0.3) is 0 Å². The first-order chi connectivity index (χ1) is 7.70. The molecule has 0 saturated heterocycles. The topological polar surface area (TPSA) is 46.3 Å². The number of hydrogen-bond donors (Lipinski definition) is 1. The summed E-state index contributed by atoms with van der Waals surface area (Å²) in [5.74, 6) is 0.452. The van der Waals surface area contributed by atoms with Gasteiger partial charge in [-0.15, -0.1) is 0 Å². The monoisotopic (exact) mass is 226 g/mol. The van der Waals surface area contributed by atoms with Gasteiger partial charge in [-0.1, -0.05) is 33.1 Å². The summed E-state index contributed by atoms with van der Waals surface area (Å²) < 4.78 is 0. The van der Waals surface area contributed by atoms with E-state index >= 15 is 0 Å². The third-order valence-electron chi connectivity index (χ3n) is 3.70. The van der Waals surface area contributed by atoms with Crippen molar-refractivity contribution in [2.24, 2.45) is 11.7 Å². The van der Waals surface area contributed by atoms with Crippen molar-refractivity contribution in [1.82, 2.24) is 4.90 Å². The Kier molecular flexibility index (Phi) is 5.81. The average Bonchev–Trinajstić information content (AvgIpc) is 2.35. The second-order valence-electron chi connectivity index (χ2n) is 4.92. The first kappa shape index (κ1) is 13.5. The average molecular weight is 226 g/mol. The first-order valence-corrected chi connectivity index (χ1v) is 6.71. The molecule has 0 aromatic carbocycles. The van der Waals surface area contributed by atoms with Gasteiger partial charge in [-0.25, -0.2) is 0 Å². The predicted molar refractivity (Wildman–Crippen MR) is 67.1 cm³/mol. The fourth-order valence-electron chi connectivity index (χ4n) is 2.46. The molecule has 0 spiro atoms. The molecule has 0 aliphatic heterocycles. The molecule has 1 fully saturated rings. The van der Waals surface area contributed by atoms with Gasteiger partial charge in [-0.05, 0) is 19.3 Å². The van der Waals surface area contributed by atoms with Crippen LogP contribution in [0.1, 0.15) is 52.4 Å². The van der Waals surface area contributed by atoms with Crippen molar-refractivity contribution in [2.45, 2.75) is 58.4 Å². The summed E-state index contributed by atoms with van der Waals surface area (Å²) in [6.07, 6.45) is 7.11. The molecule has 0 aromatic rings. The number of nitrogens with two attached hydrogens (primary N) is 1. The van der Waals surface area contributed by atoms with Crippen LogP contribution in [0.4, 0.5) is 0 Å². The molecule has 1 amide bonds. The zero-order valence-electron chi connectivity index (χ0n) is 10.7. The Morgan fingerprint density at radius 1 is 1.38 bits per heavy atom. The Morgan fingerprint density at radius 2 is 2.00 bits per heavy atom. The van der Waals surface area contributed by atoms with Crippen molar-refractivity contribution >= 4 is 5.91 Å². The first-order valence-electron chi connectivity index (χ1n) is 6.71. The Morgan fingerprint density at radius 3 is 2.50 bits per heavy atom. The SMILES string of the molecule is CCC(C)C(=O)N(CCN)C1CCCCC1. The maximum Gasteiger partial charge on any atom is 0.225 e. The van der Waals surface area contributed by atoms with Crippen molar-refractivity contribution in [3.05, 3.63) is 0 Å². The summed E-state index contributed by atoms with van der Waals surface area (Å²) in [7, 11) is 0. The van der Waals surface area contributed by atoms with Gasteiger partial charge in [0.2, 0.25) is 5.91 Å². The Labute approximate surface area is 99.4 Å². The van der Waals surface area contributed by atoms with Crippen LogP contribution in [0.25, 0.3) is 0 Å². The van der Waals surface area contributed by atoms with E-state index in [0.717, 1.165) is 13.0 Å². The molecule has 3 heteroatoms. The van der Waals surface area contributed by atoms with E-state index < -0.39 is 0 Å². The van der Waals surface area contributed by atoms with Crippen LogP contribution in [0.15, 0.2) is 0 Å². The van der Waals surface area contributed by atoms with Crippen molar-refractivity contribution in [3.8, 4) is 0 Å². The van der Waals surface area contributed by atoms with E-state index in [9.17, 15) is 4.79 Å². The van der Waals surface area contributed by atoms with Crippen molar-refractivity contribution in [3.63, 3.8) is 0 Å². The normalized spacial score (nSPS) is 19.4. The van der Waals surface area contributed by atoms with Crippen LogP contribution in [-0.4, -0.2) is 29.9 Å². The summed E-state index contributed by atoms with van der Waals surface area (Å²) >= 11 is 0. The summed E-state index contributed by atoms with van der Waals surface area (Å²) in [6.45, 7) is 5.41. The van der Waals surface area contributed by atoms with Crippen LogP contribution in [0.2, 0.25) is 0 Å². The van der Waals surface area contributed by atoms with E-state index in [4.69, 9.17) is 5.73 Å². The van der Waals surface area contributed by atoms with Crippen molar-refractivity contribution < 1.29 is 4.79 Å². The molecule has 0 heterocycles. The molecule has 1 aliphatic rings. The number of nitrogens with zero attached hydrogens (tertiary/aromatic N) is 1. The molecule has 3 nitrogen and oxygen atoms in total. The number of carbonyl (C=O) groups excluding carboxylic acids is 1. The van der Waals surface area contributed by atoms with Crippen LogP contribution in [0.5, 0.6) is 0 Å². The third-order valence-corrected chi connectivity index (χ3v) is 3.70. The Bertz CT molecular complexity index is 212. The van der Waals surface area contributed by atoms with Crippen LogP contribution >= 0.6 is 0 Å². The van der Waals surface area contributed by atoms with E-state index in [2.05, 4.69) is 6.92 Å². The fourth-order valence-corrected chi connectivity index (χ4v) is 2.46. The molecular formula is C13H26N2O. The maximum absolute atomic E-state index is 12.2. The molecule has 94 valence electrons. The van der Waals surface area contributed by atoms with E-state index in [1.165, 1.54) is 32.1 Å². The molecule has 0 radical (unpaired) electrons. The molecule has 2 N–H and O–H groups in total. The molecule has 0 bridgehead atoms. The van der Waals surface area contributed by atoms with E-state index in [-0.39, 0.29) is 5.92 Å². The summed E-state index contributed by atoms with van der Waals surface area (Å²) in [5.41, 5.74) is 5.62. The van der Waals surface area contributed by atoms with Gasteiger partial charge in [0, 0.05) is 25.0 Å². The van der Waals surface area contributed by atoms with E-state index in [1.54, 1.807) is 0 Å². The molecule has 1 aliphatic carbocycles. The largest absolute Gasteiger partial charge is 0.338 e. The molecular weight excluding hydrogens is 200 g/mol. The number of rotatable bonds is 5. The highest BCUT2D eigenvalue weighted by atomic mass is 16.2. The molecule has 1 atom stereocenters. The standard InChI is InChI=1S/C13H26N2O/c1-3-11(2)13(16)15(10-9-14)12-7-5-4-6-8-12/h11-12H,3-10,14H2,1-2H3. The smallest absolute Gasteiger partial charge is 0.225 e. The maximum atomic E-state index is 12.2. The lowest BCUT2D eigenvalue weighted by atomic mass is 9.93.